The molecular weight excluding hydrogens is 350 g/mol. The second-order valence-corrected chi connectivity index (χ2v) is 6.22. The van der Waals surface area contributed by atoms with Crippen LogP contribution in [0.3, 0.4) is 0 Å². The molecule has 1 aliphatic heterocycles. The van der Waals surface area contributed by atoms with Gasteiger partial charge in [0.05, 0.1) is 13.7 Å². The predicted octanol–water partition coefficient (Wildman–Crippen LogP) is 1.65. The van der Waals surface area contributed by atoms with E-state index >= 15 is 0 Å². The third-order valence-electron chi connectivity index (χ3n) is 4.51. The Hall–Kier alpha value is -3.20. The van der Waals surface area contributed by atoms with E-state index in [1.165, 1.54) is 7.05 Å². The van der Waals surface area contributed by atoms with Crippen LogP contribution in [0.5, 0.6) is 5.75 Å². The van der Waals surface area contributed by atoms with Crippen molar-refractivity contribution in [2.45, 2.75) is 19.5 Å². The van der Waals surface area contributed by atoms with Gasteiger partial charge in [-0.3, -0.25) is 9.69 Å². The molecule has 3 heterocycles. The summed E-state index contributed by atoms with van der Waals surface area (Å²) in [6.07, 6.45) is 0.739. The quantitative estimate of drug-likeness (QED) is 0.723. The molecular formula is C18H19N5O4. The molecule has 1 aromatic carbocycles. The molecule has 1 amide bonds. The highest BCUT2D eigenvalue weighted by Crippen LogP contribution is 2.32. The second-order valence-electron chi connectivity index (χ2n) is 6.22. The molecule has 0 saturated heterocycles. The molecule has 0 fully saturated rings. The van der Waals surface area contributed by atoms with Crippen molar-refractivity contribution < 1.29 is 18.6 Å². The fourth-order valence-electron chi connectivity index (χ4n) is 3.11. The van der Waals surface area contributed by atoms with E-state index in [4.69, 9.17) is 13.8 Å². The minimum absolute atomic E-state index is 0.0345. The molecule has 1 N–H and O–H groups in total. The third kappa shape index (κ3) is 3.41. The molecule has 9 heteroatoms. The van der Waals surface area contributed by atoms with Crippen molar-refractivity contribution in [1.82, 2.24) is 25.5 Å². The minimum atomic E-state index is -0.370. The number of nitrogens with zero attached hydrogens (tertiary/aromatic N) is 4. The van der Waals surface area contributed by atoms with E-state index in [0.29, 0.717) is 19.0 Å². The van der Waals surface area contributed by atoms with Crippen molar-refractivity contribution >= 4 is 5.91 Å². The fraction of sp³-hybridized carbons (Fsp3) is 0.333. The number of rotatable bonds is 5. The van der Waals surface area contributed by atoms with Gasteiger partial charge in [0.2, 0.25) is 5.89 Å². The lowest BCUT2D eigenvalue weighted by Gasteiger charge is -2.24. The van der Waals surface area contributed by atoms with E-state index in [-0.39, 0.29) is 11.7 Å². The first-order valence-corrected chi connectivity index (χ1v) is 8.57. The normalized spacial score (nSPS) is 14.0. The molecule has 27 heavy (non-hydrogen) atoms. The molecule has 1 aliphatic rings. The van der Waals surface area contributed by atoms with Gasteiger partial charge in [0.1, 0.15) is 17.2 Å². The Kier molecular flexibility index (Phi) is 4.59. The fourth-order valence-corrected chi connectivity index (χ4v) is 3.11. The van der Waals surface area contributed by atoms with Gasteiger partial charge in [-0.2, -0.15) is 4.98 Å². The maximum absolute atomic E-state index is 11.6. The largest absolute Gasteiger partial charge is 0.497 e. The summed E-state index contributed by atoms with van der Waals surface area (Å²) in [4.78, 5) is 17.9. The average molecular weight is 369 g/mol. The van der Waals surface area contributed by atoms with Gasteiger partial charge in [0.15, 0.2) is 0 Å². The highest BCUT2D eigenvalue weighted by molar-refractivity contribution is 5.89. The summed E-state index contributed by atoms with van der Waals surface area (Å²) in [6, 6.07) is 7.73. The smallest absolute Gasteiger partial charge is 0.292 e. The SMILES string of the molecule is CNC(=O)c1noc(CN2CCc3onc(-c4cccc(OC)c4)c3C2)n1. The lowest BCUT2D eigenvalue weighted by Crippen LogP contribution is -2.29. The molecule has 140 valence electrons. The molecule has 4 rings (SSSR count). The van der Waals surface area contributed by atoms with Gasteiger partial charge in [-0.1, -0.05) is 22.4 Å². The summed E-state index contributed by atoms with van der Waals surface area (Å²) >= 11 is 0. The Morgan fingerprint density at radius 1 is 1.33 bits per heavy atom. The number of carbonyl (C=O) groups excluding carboxylic acids is 1. The van der Waals surface area contributed by atoms with Crippen LogP contribution in [0.2, 0.25) is 0 Å². The maximum Gasteiger partial charge on any atom is 0.292 e. The zero-order valence-electron chi connectivity index (χ0n) is 15.1. The number of methoxy groups -OCH3 is 1. The predicted molar refractivity (Wildman–Crippen MR) is 94.0 cm³/mol. The van der Waals surface area contributed by atoms with Crippen LogP contribution in [0.15, 0.2) is 33.3 Å². The number of aromatic nitrogens is 3. The number of ether oxygens (including phenoxy) is 1. The van der Waals surface area contributed by atoms with Gasteiger partial charge in [-0.15, -0.1) is 0 Å². The Balaban J connectivity index is 1.53. The number of hydrogen-bond acceptors (Lipinski definition) is 8. The highest BCUT2D eigenvalue weighted by atomic mass is 16.5. The summed E-state index contributed by atoms with van der Waals surface area (Å²) in [5.41, 5.74) is 2.80. The standard InChI is InChI=1S/C18H19N5O4/c1-19-18(24)17-20-15(27-22-17)10-23-7-6-14-13(9-23)16(21-26-14)11-4-3-5-12(8-11)25-2/h3-5,8H,6-7,9-10H2,1-2H3,(H,19,24). The molecule has 0 radical (unpaired) electrons. The molecule has 0 aliphatic carbocycles. The van der Waals surface area contributed by atoms with Crippen LogP contribution in [0.4, 0.5) is 0 Å². The summed E-state index contributed by atoms with van der Waals surface area (Å²) < 4.78 is 16.0. The van der Waals surface area contributed by atoms with E-state index in [2.05, 4.69) is 25.5 Å². The van der Waals surface area contributed by atoms with E-state index in [1.807, 2.05) is 24.3 Å². The molecule has 0 unspecified atom stereocenters. The van der Waals surface area contributed by atoms with Gasteiger partial charge < -0.3 is 19.1 Å². The van der Waals surface area contributed by atoms with Gasteiger partial charge >= 0.3 is 0 Å². The zero-order chi connectivity index (χ0) is 18.8. The van der Waals surface area contributed by atoms with Gasteiger partial charge in [0.25, 0.3) is 11.7 Å². The Labute approximate surface area is 155 Å². The van der Waals surface area contributed by atoms with Crippen LogP contribution in [-0.4, -0.2) is 46.8 Å². The average Bonchev–Trinajstić information content (AvgIpc) is 3.34. The van der Waals surface area contributed by atoms with E-state index in [1.54, 1.807) is 7.11 Å². The molecule has 0 spiro atoms. The van der Waals surface area contributed by atoms with Crippen molar-refractivity contribution in [2.75, 3.05) is 20.7 Å². The summed E-state index contributed by atoms with van der Waals surface area (Å²) in [5, 5.41) is 10.4. The zero-order valence-corrected chi connectivity index (χ0v) is 15.1. The number of hydrogen-bond donors (Lipinski definition) is 1. The highest BCUT2D eigenvalue weighted by Gasteiger charge is 2.26. The summed E-state index contributed by atoms with van der Waals surface area (Å²) in [7, 11) is 3.16. The molecule has 0 atom stereocenters. The van der Waals surface area contributed by atoms with Gasteiger partial charge in [-0.05, 0) is 12.1 Å². The van der Waals surface area contributed by atoms with Gasteiger partial charge in [0, 0.05) is 37.7 Å². The third-order valence-corrected chi connectivity index (χ3v) is 4.51. The Morgan fingerprint density at radius 2 is 2.22 bits per heavy atom. The Morgan fingerprint density at radius 3 is 3.04 bits per heavy atom. The van der Waals surface area contributed by atoms with Crippen molar-refractivity contribution in [3.05, 3.63) is 47.3 Å². The topological polar surface area (TPSA) is 107 Å². The first-order valence-electron chi connectivity index (χ1n) is 8.57. The second kappa shape index (κ2) is 7.20. The molecule has 0 saturated carbocycles. The molecule has 2 aromatic heterocycles. The number of nitrogens with one attached hydrogen (secondary N) is 1. The minimum Gasteiger partial charge on any atom is -0.497 e. The number of carbonyl (C=O) groups is 1. The van der Waals surface area contributed by atoms with Crippen LogP contribution in [0.25, 0.3) is 11.3 Å². The van der Waals surface area contributed by atoms with Crippen molar-refractivity contribution in [3.63, 3.8) is 0 Å². The number of fused-ring (bicyclic) bond motifs is 1. The molecule has 3 aromatic rings. The lowest BCUT2D eigenvalue weighted by atomic mass is 10.0. The summed E-state index contributed by atoms with van der Waals surface area (Å²) in [5.74, 6) is 1.72. The van der Waals surface area contributed by atoms with Crippen molar-refractivity contribution in [3.8, 4) is 17.0 Å². The van der Waals surface area contributed by atoms with Crippen LogP contribution >= 0.6 is 0 Å². The van der Waals surface area contributed by atoms with Crippen molar-refractivity contribution in [2.24, 2.45) is 0 Å². The molecule has 0 bridgehead atoms. The monoisotopic (exact) mass is 369 g/mol. The molecule has 9 nitrogen and oxygen atoms in total. The number of amides is 1. The first-order chi connectivity index (χ1) is 13.2. The maximum atomic E-state index is 11.6. The van der Waals surface area contributed by atoms with Crippen molar-refractivity contribution in [1.29, 1.82) is 0 Å². The van der Waals surface area contributed by atoms with Crippen LogP contribution in [-0.2, 0) is 19.5 Å². The Bertz CT molecular complexity index is 964. The van der Waals surface area contributed by atoms with E-state index in [9.17, 15) is 4.79 Å². The van der Waals surface area contributed by atoms with Crippen LogP contribution < -0.4 is 10.1 Å². The van der Waals surface area contributed by atoms with Gasteiger partial charge in [-0.25, -0.2) is 0 Å². The lowest BCUT2D eigenvalue weighted by molar-refractivity contribution is 0.0950. The van der Waals surface area contributed by atoms with Crippen LogP contribution in [0, 0.1) is 0 Å². The van der Waals surface area contributed by atoms with E-state index in [0.717, 1.165) is 41.3 Å². The van der Waals surface area contributed by atoms with Crippen LogP contribution in [0.1, 0.15) is 27.8 Å². The summed E-state index contributed by atoms with van der Waals surface area (Å²) in [6.45, 7) is 1.87. The van der Waals surface area contributed by atoms with E-state index < -0.39 is 0 Å². The first kappa shape index (κ1) is 17.2. The number of benzene rings is 1.